The van der Waals surface area contributed by atoms with Crippen molar-refractivity contribution in [2.75, 3.05) is 26.2 Å². The summed E-state index contributed by atoms with van der Waals surface area (Å²) in [7, 11) is 0. The highest BCUT2D eigenvalue weighted by atomic mass is 15.0. The molecule has 0 amide bonds. The fourth-order valence-electron chi connectivity index (χ4n) is 0.675. The van der Waals surface area contributed by atoms with E-state index in [2.05, 4.69) is 17.6 Å². The van der Waals surface area contributed by atoms with Gasteiger partial charge in [-0.05, 0) is 6.42 Å². The summed E-state index contributed by atoms with van der Waals surface area (Å²) in [6, 6.07) is 0. The lowest BCUT2D eigenvalue weighted by Crippen LogP contribution is -2.41. The lowest BCUT2D eigenvalue weighted by atomic mass is 10.4. The Hall–Kier alpha value is -0.160. The monoisotopic (exact) mass is 159 g/mol. The highest BCUT2D eigenvalue weighted by Crippen LogP contribution is 1.76. The van der Waals surface area contributed by atoms with Crippen LogP contribution in [0.4, 0.5) is 0 Å². The number of nitrogens with one attached hydrogen (secondary N) is 2. The average Bonchev–Trinajstić information content (AvgIpc) is 2.04. The molecule has 0 aliphatic carbocycles. The van der Waals surface area contributed by atoms with Gasteiger partial charge in [-0.25, -0.2) is 0 Å². The second-order valence-corrected chi connectivity index (χ2v) is 2.39. The predicted molar refractivity (Wildman–Crippen MR) is 47.9 cm³/mol. The maximum Gasteiger partial charge on any atom is 0.0546 e. The van der Waals surface area contributed by atoms with Crippen LogP contribution in [-0.4, -0.2) is 32.3 Å². The molecule has 0 bridgehead atoms. The Balaban J connectivity index is 2.89. The van der Waals surface area contributed by atoms with Crippen LogP contribution in [0, 0.1) is 6.92 Å². The Labute approximate surface area is 68.7 Å². The van der Waals surface area contributed by atoms with Crippen LogP contribution >= 0.6 is 0 Å². The molecule has 1 radical (unpaired) electrons. The Morgan fingerprint density at radius 1 is 1.27 bits per heavy atom. The van der Waals surface area contributed by atoms with Crippen LogP contribution < -0.4 is 22.1 Å². The molecule has 0 aliphatic rings. The smallest absolute Gasteiger partial charge is 0.0546 e. The Kier molecular flexibility index (Phi) is 7.83. The normalized spacial score (nSPS) is 13.4. The molecule has 1 atom stereocenters. The minimum atomic E-state index is 0.0228. The van der Waals surface area contributed by atoms with E-state index in [-0.39, 0.29) is 6.17 Å². The van der Waals surface area contributed by atoms with E-state index >= 15 is 0 Å². The van der Waals surface area contributed by atoms with Gasteiger partial charge in [-0.2, -0.15) is 0 Å². The van der Waals surface area contributed by atoms with Gasteiger partial charge in [0, 0.05) is 26.2 Å². The molecule has 0 spiro atoms. The van der Waals surface area contributed by atoms with Gasteiger partial charge in [0.15, 0.2) is 0 Å². The molecular formula is C7H19N4. The SMILES string of the molecule is [CH2]CC(N)NCCNCCN. The Morgan fingerprint density at radius 3 is 2.55 bits per heavy atom. The van der Waals surface area contributed by atoms with Crippen LogP contribution in [0.1, 0.15) is 6.42 Å². The molecule has 0 saturated heterocycles. The molecule has 0 heterocycles. The summed E-state index contributed by atoms with van der Waals surface area (Å²) in [4.78, 5) is 0. The van der Waals surface area contributed by atoms with Gasteiger partial charge in [-0.1, -0.05) is 6.92 Å². The second-order valence-electron chi connectivity index (χ2n) is 2.39. The van der Waals surface area contributed by atoms with E-state index in [1.807, 2.05) is 0 Å². The van der Waals surface area contributed by atoms with Crippen LogP contribution in [-0.2, 0) is 0 Å². The Bertz CT molecular complexity index is 76.8. The summed E-state index contributed by atoms with van der Waals surface area (Å²) in [5, 5.41) is 6.25. The van der Waals surface area contributed by atoms with Crippen LogP contribution in [0.3, 0.4) is 0 Å². The standard InChI is InChI=1S/C7H19N4/c1-2-7(9)11-6-5-10-4-3-8/h7,10-11H,1-6,8-9H2. The lowest BCUT2D eigenvalue weighted by Gasteiger charge is -2.10. The van der Waals surface area contributed by atoms with Crippen molar-refractivity contribution in [3.05, 3.63) is 6.92 Å². The van der Waals surface area contributed by atoms with E-state index in [0.717, 1.165) is 26.1 Å². The maximum absolute atomic E-state index is 5.56. The topological polar surface area (TPSA) is 76.1 Å². The molecular weight excluding hydrogens is 140 g/mol. The van der Waals surface area contributed by atoms with E-state index in [4.69, 9.17) is 11.5 Å². The zero-order valence-electron chi connectivity index (χ0n) is 6.97. The number of rotatable bonds is 7. The number of nitrogens with two attached hydrogens (primary N) is 2. The highest BCUT2D eigenvalue weighted by Gasteiger charge is 1.94. The van der Waals surface area contributed by atoms with Gasteiger partial charge < -0.3 is 22.1 Å². The minimum Gasteiger partial charge on any atom is -0.329 e. The van der Waals surface area contributed by atoms with Gasteiger partial charge in [-0.15, -0.1) is 0 Å². The Morgan fingerprint density at radius 2 is 2.00 bits per heavy atom. The molecule has 0 aromatic heterocycles. The molecule has 1 unspecified atom stereocenters. The summed E-state index contributed by atoms with van der Waals surface area (Å²) in [6.45, 7) is 7.00. The molecule has 0 aromatic rings. The molecule has 6 N–H and O–H groups in total. The van der Waals surface area contributed by atoms with Crippen LogP contribution in [0.2, 0.25) is 0 Å². The van der Waals surface area contributed by atoms with Crippen LogP contribution in [0.25, 0.3) is 0 Å². The maximum atomic E-state index is 5.56. The molecule has 0 rings (SSSR count). The summed E-state index contributed by atoms with van der Waals surface area (Å²) in [5.74, 6) is 0. The molecule has 0 saturated carbocycles. The van der Waals surface area contributed by atoms with E-state index < -0.39 is 0 Å². The van der Waals surface area contributed by atoms with Crippen LogP contribution in [0.15, 0.2) is 0 Å². The average molecular weight is 159 g/mol. The fraction of sp³-hybridized carbons (Fsp3) is 0.857. The number of hydrogen-bond donors (Lipinski definition) is 4. The molecule has 0 fully saturated rings. The quantitative estimate of drug-likeness (QED) is 0.273. The van der Waals surface area contributed by atoms with Crippen molar-refractivity contribution in [1.29, 1.82) is 0 Å². The van der Waals surface area contributed by atoms with Crippen molar-refractivity contribution in [3.63, 3.8) is 0 Å². The third-order valence-electron chi connectivity index (χ3n) is 1.34. The fourth-order valence-corrected chi connectivity index (χ4v) is 0.675. The van der Waals surface area contributed by atoms with E-state index in [9.17, 15) is 0 Å². The van der Waals surface area contributed by atoms with Gasteiger partial charge in [0.1, 0.15) is 0 Å². The van der Waals surface area contributed by atoms with Crippen molar-refractivity contribution in [2.24, 2.45) is 11.5 Å². The summed E-state index contributed by atoms with van der Waals surface area (Å²) in [6.07, 6.45) is 0.742. The minimum absolute atomic E-state index is 0.0228. The molecule has 4 nitrogen and oxygen atoms in total. The van der Waals surface area contributed by atoms with E-state index in [1.165, 1.54) is 0 Å². The van der Waals surface area contributed by atoms with E-state index in [1.54, 1.807) is 0 Å². The summed E-state index contributed by atoms with van der Waals surface area (Å²) >= 11 is 0. The van der Waals surface area contributed by atoms with E-state index in [0.29, 0.717) is 6.54 Å². The van der Waals surface area contributed by atoms with Crippen molar-refractivity contribution in [2.45, 2.75) is 12.6 Å². The second kappa shape index (κ2) is 7.94. The van der Waals surface area contributed by atoms with Gasteiger partial charge in [0.2, 0.25) is 0 Å². The third kappa shape index (κ3) is 7.74. The number of hydrogen-bond acceptors (Lipinski definition) is 4. The van der Waals surface area contributed by atoms with Crippen molar-refractivity contribution >= 4 is 0 Å². The zero-order valence-corrected chi connectivity index (χ0v) is 6.97. The third-order valence-corrected chi connectivity index (χ3v) is 1.34. The van der Waals surface area contributed by atoms with Crippen molar-refractivity contribution in [3.8, 4) is 0 Å². The highest BCUT2D eigenvalue weighted by molar-refractivity contribution is 4.60. The molecule has 4 heteroatoms. The van der Waals surface area contributed by atoms with Gasteiger partial charge in [0.05, 0.1) is 6.17 Å². The first kappa shape index (κ1) is 10.8. The summed E-state index contributed by atoms with van der Waals surface area (Å²) < 4.78 is 0. The lowest BCUT2D eigenvalue weighted by molar-refractivity contribution is 0.516. The summed E-state index contributed by atoms with van der Waals surface area (Å²) in [5.41, 5.74) is 10.8. The van der Waals surface area contributed by atoms with Crippen molar-refractivity contribution < 1.29 is 0 Å². The van der Waals surface area contributed by atoms with Crippen molar-refractivity contribution in [1.82, 2.24) is 10.6 Å². The predicted octanol–water partition coefficient (Wildman–Crippen LogP) is -1.37. The van der Waals surface area contributed by atoms with Crippen LogP contribution in [0.5, 0.6) is 0 Å². The van der Waals surface area contributed by atoms with Gasteiger partial charge in [-0.3, -0.25) is 0 Å². The zero-order chi connectivity index (χ0) is 8.53. The first-order valence-corrected chi connectivity index (χ1v) is 4.00. The molecule has 0 aromatic carbocycles. The first-order valence-electron chi connectivity index (χ1n) is 4.00. The first-order chi connectivity index (χ1) is 5.31. The molecule has 0 aliphatic heterocycles. The molecule has 67 valence electrons. The molecule has 11 heavy (non-hydrogen) atoms. The van der Waals surface area contributed by atoms with Gasteiger partial charge in [0.25, 0.3) is 0 Å². The van der Waals surface area contributed by atoms with Gasteiger partial charge >= 0.3 is 0 Å². The largest absolute Gasteiger partial charge is 0.329 e.